The lowest BCUT2D eigenvalue weighted by Gasteiger charge is -2.07. The Morgan fingerprint density at radius 3 is 2.61 bits per heavy atom. The molecule has 5 nitrogen and oxygen atoms in total. The van der Waals surface area contributed by atoms with E-state index in [0.717, 1.165) is 0 Å². The summed E-state index contributed by atoms with van der Waals surface area (Å²) in [6, 6.07) is 7.59. The van der Waals surface area contributed by atoms with Crippen molar-refractivity contribution in [3.8, 4) is 17.1 Å². The molecule has 0 N–H and O–H groups in total. The Bertz CT molecular complexity index is 886. The number of halogens is 1. The highest BCUT2D eigenvalue weighted by molar-refractivity contribution is 7.98. The molecule has 3 aromatic rings. The molecule has 0 spiro atoms. The van der Waals surface area contributed by atoms with Gasteiger partial charge in [0.25, 0.3) is 0 Å². The lowest BCUT2D eigenvalue weighted by molar-refractivity contribution is 0.627. The Balaban J connectivity index is 2.24. The van der Waals surface area contributed by atoms with Crippen molar-refractivity contribution in [3.05, 3.63) is 59.0 Å². The van der Waals surface area contributed by atoms with Gasteiger partial charge in [-0.15, -0.1) is 0 Å². The highest BCUT2D eigenvalue weighted by Crippen LogP contribution is 2.21. The van der Waals surface area contributed by atoms with E-state index in [9.17, 15) is 9.18 Å². The fourth-order valence-corrected chi connectivity index (χ4v) is 2.68. The molecule has 2 heterocycles. The molecular weight excluding hydrogens is 315 g/mol. The summed E-state index contributed by atoms with van der Waals surface area (Å²) in [6.07, 6.45) is 5.32. The highest BCUT2D eigenvalue weighted by Gasteiger charge is 2.15. The predicted octanol–water partition coefficient (Wildman–Crippen LogP) is 2.98. The number of imidazole rings is 1. The van der Waals surface area contributed by atoms with Crippen molar-refractivity contribution in [2.45, 2.75) is 18.6 Å². The molecule has 0 unspecified atom stereocenters. The summed E-state index contributed by atoms with van der Waals surface area (Å²) < 4.78 is 16.3. The summed E-state index contributed by atoms with van der Waals surface area (Å²) in [6.45, 7) is 2.44. The van der Waals surface area contributed by atoms with Crippen molar-refractivity contribution in [2.24, 2.45) is 0 Å². The molecule has 0 aliphatic rings. The van der Waals surface area contributed by atoms with Gasteiger partial charge in [-0.05, 0) is 43.5 Å². The minimum atomic E-state index is -0.343. The zero-order valence-corrected chi connectivity index (χ0v) is 13.5. The summed E-state index contributed by atoms with van der Waals surface area (Å²) >= 11 is 1.43. The molecule has 0 bridgehead atoms. The smallest absolute Gasteiger partial charge is 0.298 e. The van der Waals surface area contributed by atoms with E-state index in [4.69, 9.17) is 0 Å². The molecule has 0 radical (unpaired) electrons. The van der Waals surface area contributed by atoms with Crippen LogP contribution in [0.25, 0.3) is 17.1 Å². The Morgan fingerprint density at radius 2 is 1.96 bits per heavy atom. The number of nitrogens with zero attached hydrogens (tertiary/aromatic N) is 4. The van der Waals surface area contributed by atoms with Crippen molar-refractivity contribution < 1.29 is 4.39 Å². The van der Waals surface area contributed by atoms with Gasteiger partial charge in [-0.3, -0.25) is 9.13 Å². The SMILES string of the molecule is CCn1cc(-c2ccnc(SC)n2)n(-c2ccc(F)cc2)c1=O. The second-order valence-electron chi connectivity index (χ2n) is 4.82. The molecule has 23 heavy (non-hydrogen) atoms. The Morgan fingerprint density at radius 1 is 1.22 bits per heavy atom. The first-order valence-corrected chi connectivity index (χ1v) is 8.32. The van der Waals surface area contributed by atoms with Crippen molar-refractivity contribution >= 4 is 11.8 Å². The van der Waals surface area contributed by atoms with Crippen LogP contribution in [0, 0.1) is 5.82 Å². The van der Waals surface area contributed by atoms with E-state index >= 15 is 0 Å². The third-order valence-corrected chi connectivity index (χ3v) is 4.02. The number of hydrogen-bond acceptors (Lipinski definition) is 4. The van der Waals surface area contributed by atoms with Gasteiger partial charge in [0.15, 0.2) is 5.16 Å². The fourth-order valence-electron chi connectivity index (χ4n) is 2.32. The van der Waals surface area contributed by atoms with Crippen LogP contribution in [0.1, 0.15) is 6.92 Å². The number of thioether (sulfide) groups is 1. The second kappa shape index (κ2) is 6.37. The molecule has 118 valence electrons. The van der Waals surface area contributed by atoms with Gasteiger partial charge >= 0.3 is 5.69 Å². The van der Waals surface area contributed by atoms with Crippen LogP contribution in [0.5, 0.6) is 0 Å². The predicted molar refractivity (Wildman–Crippen MR) is 88.5 cm³/mol. The molecule has 3 rings (SSSR count). The van der Waals surface area contributed by atoms with Gasteiger partial charge in [0.1, 0.15) is 5.82 Å². The molecule has 0 atom stereocenters. The van der Waals surface area contributed by atoms with Crippen LogP contribution in [-0.4, -0.2) is 25.4 Å². The van der Waals surface area contributed by atoms with Gasteiger partial charge in [-0.2, -0.15) is 0 Å². The fraction of sp³-hybridized carbons (Fsp3) is 0.188. The third kappa shape index (κ3) is 2.92. The van der Waals surface area contributed by atoms with Crippen LogP contribution in [0.3, 0.4) is 0 Å². The standard InChI is InChI=1S/C16H15FN4OS/c1-3-20-10-14(13-8-9-18-15(19-13)23-2)21(16(20)22)12-6-4-11(17)5-7-12/h4-10H,3H2,1-2H3. The van der Waals surface area contributed by atoms with E-state index in [1.165, 1.54) is 28.5 Å². The van der Waals surface area contributed by atoms with Crippen LogP contribution in [-0.2, 0) is 6.54 Å². The number of benzene rings is 1. The van der Waals surface area contributed by atoms with Crippen LogP contribution in [0.4, 0.5) is 4.39 Å². The van der Waals surface area contributed by atoms with Crippen molar-refractivity contribution in [1.82, 2.24) is 19.1 Å². The van der Waals surface area contributed by atoms with Crippen LogP contribution >= 0.6 is 11.8 Å². The van der Waals surface area contributed by atoms with E-state index < -0.39 is 0 Å². The molecule has 7 heteroatoms. The maximum absolute atomic E-state index is 13.2. The average Bonchev–Trinajstić information content (AvgIpc) is 2.92. The normalized spacial score (nSPS) is 10.9. The van der Waals surface area contributed by atoms with Gasteiger partial charge in [0, 0.05) is 18.9 Å². The Hall–Kier alpha value is -2.41. The Labute approximate surface area is 136 Å². The topological polar surface area (TPSA) is 52.7 Å². The van der Waals surface area contributed by atoms with E-state index in [1.54, 1.807) is 35.2 Å². The molecule has 1 aromatic carbocycles. The summed E-state index contributed by atoms with van der Waals surface area (Å²) in [5, 5.41) is 0.629. The lowest BCUT2D eigenvalue weighted by atomic mass is 10.2. The van der Waals surface area contributed by atoms with Crippen LogP contribution < -0.4 is 5.69 Å². The monoisotopic (exact) mass is 330 g/mol. The summed E-state index contributed by atoms with van der Waals surface area (Å²) in [5.74, 6) is -0.343. The summed E-state index contributed by atoms with van der Waals surface area (Å²) in [5.41, 5.74) is 1.72. The maximum Gasteiger partial charge on any atom is 0.333 e. The molecule has 0 saturated heterocycles. The number of aromatic nitrogens is 4. The summed E-state index contributed by atoms with van der Waals surface area (Å²) in [4.78, 5) is 21.2. The van der Waals surface area contributed by atoms with Gasteiger partial charge < -0.3 is 0 Å². The first-order chi connectivity index (χ1) is 11.1. The number of hydrogen-bond donors (Lipinski definition) is 0. The number of rotatable bonds is 4. The van der Waals surface area contributed by atoms with Gasteiger partial charge in [-0.25, -0.2) is 19.2 Å². The largest absolute Gasteiger partial charge is 0.333 e. The van der Waals surface area contributed by atoms with Crippen molar-refractivity contribution in [1.29, 1.82) is 0 Å². The van der Waals surface area contributed by atoms with Crippen LogP contribution in [0.2, 0.25) is 0 Å². The molecular formula is C16H15FN4OS. The summed E-state index contributed by atoms with van der Waals surface area (Å²) in [7, 11) is 0. The molecule has 0 fully saturated rings. The minimum Gasteiger partial charge on any atom is -0.298 e. The molecule has 0 aliphatic heterocycles. The quantitative estimate of drug-likeness (QED) is 0.545. The molecule has 0 amide bonds. The second-order valence-corrected chi connectivity index (χ2v) is 5.60. The number of aryl methyl sites for hydroxylation is 1. The maximum atomic E-state index is 13.2. The molecule has 2 aromatic heterocycles. The molecule has 0 aliphatic carbocycles. The first-order valence-electron chi connectivity index (χ1n) is 7.09. The van der Waals surface area contributed by atoms with E-state index in [0.29, 0.717) is 28.8 Å². The van der Waals surface area contributed by atoms with Crippen molar-refractivity contribution in [3.63, 3.8) is 0 Å². The van der Waals surface area contributed by atoms with Crippen LogP contribution in [0.15, 0.2) is 52.7 Å². The van der Waals surface area contributed by atoms with Crippen molar-refractivity contribution in [2.75, 3.05) is 6.26 Å². The highest BCUT2D eigenvalue weighted by atomic mass is 32.2. The van der Waals surface area contributed by atoms with E-state index in [2.05, 4.69) is 9.97 Å². The lowest BCUT2D eigenvalue weighted by Crippen LogP contribution is -2.22. The third-order valence-electron chi connectivity index (χ3n) is 3.46. The van der Waals surface area contributed by atoms with E-state index in [1.807, 2.05) is 13.2 Å². The van der Waals surface area contributed by atoms with Gasteiger partial charge in [0.2, 0.25) is 0 Å². The van der Waals surface area contributed by atoms with Gasteiger partial charge in [0.05, 0.1) is 17.1 Å². The first kappa shape index (κ1) is 15.5. The van der Waals surface area contributed by atoms with Gasteiger partial charge in [-0.1, -0.05) is 11.8 Å². The van der Waals surface area contributed by atoms with E-state index in [-0.39, 0.29) is 11.5 Å². The minimum absolute atomic E-state index is 0.182. The zero-order chi connectivity index (χ0) is 16.4. The Kier molecular flexibility index (Phi) is 4.29. The zero-order valence-electron chi connectivity index (χ0n) is 12.7. The molecule has 0 saturated carbocycles. The average molecular weight is 330 g/mol.